The first kappa shape index (κ1) is 16.5. The number of nitrogens with zero attached hydrogens (tertiary/aromatic N) is 2. The van der Waals surface area contributed by atoms with Crippen molar-refractivity contribution < 1.29 is 13.2 Å². The topological polar surface area (TPSA) is 71.5 Å². The maximum absolute atomic E-state index is 13.2. The molecular formula is C18H21N3O3S. The predicted molar refractivity (Wildman–Crippen MR) is 93.9 cm³/mol. The van der Waals surface area contributed by atoms with Gasteiger partial charge in [-0.2, -0.15) is 4.31 Å². The van der Waals surface area contributed by atoms with E-state index in [0.717, 1.165) is 24.3 Å². The lowest BCUT2D eigenvalue weighted by Crippen LogP contribution is -2.35. The maximum atomic E-state index is 13.2. The molecule has 0 radical (unpaired) electrons. The first-order chi connectivity index (χ1) is 12.1. The molecule has 0 aliphatic carbocycles. The van der Waals surface area contributed by atoms with E-state index in [4.69, 9.17) is 4.74 Å². The van der Waals surface area contributed by atoms with Gasteiger partial charge in [-0.05, 0) is 48.4 Å². The SMILES string of the molecule is COc1ccc(S(=O)(=O)N2Cc3cccnc3[C@@H]3CNC[C@H]3C2)cc1. The summed E-state index contributed by atoms with van der Waals surface area (Å²) in [5.41, 5.74) is 2.03. The number of benzene rings is 1. The summed E-state index contributed by atoms with van der Waals surface area (Å²) in [7, 11) is -2.00. The Morgan fingerprint density at radius 3 is 2.76 bits per heavy atom. The summed E-state index contributed by atoms with van der Waals surface area (Å²) in [5, 5.41) is 3.38. The van der Waals surface area contributed by atoms with Crippen LogP contribution in [-0.2, 0) is 16.6 Å². The summed E-state index contributed by atoms with van der Waals surface area (Å²) in [5.74, 6) is 1.15. The Hall–Kier alpha value is -1.96. The molecule has 7 heteroatoms. The molecule has 1 saturated heterocycles. The van der Waals surface area contributed by atoms with Gasteiger partial charge in [0.2, 0.25) is 10.0 Å². The quantitative estimate of drug-likeness (QED) is 0.901. The largest absolute Gasteiger partial charge is 0.497 e. The minimum Gasteiger partial charge on any atom is -0.497 e. The molecule has 25 heavy (non-hydrogen) atoms. The molecule has 1 fully saturated rings. The minimum atomic E-state index is -3.57. The number of methoxy groups -OCH3 is 1. The minimum absolute atomic E-state index is 0.240. The monoisotopic (exact) mass is 359 g/mol. The van der Waals surface area contributed by atoms with Crippen molar-refractivity contribution in [3.63, 3.8) is 0 Å². The summed E-state index contributed by atoms with van der Waals surface area (Å²) in [6.07, 6.45) is 1.79. The van der Waals surface area contributed by atoms with E-state index < -0.39 is 10.0 Å². The van der Waals surface area contributed by atoms with E-state index >= 15 is 0 Å². The Kier molecular flexibility index (Phi) is 4.23. The lowest BCUT2D eigenvalue weighted by molar-refractivity contribution is 0.349. The molecular weight excluding hydrogens is 338 g/mol. The molecule has 2 aromatic rings. The normalized spacial score (nSPS) is 23.6. The van der Waals surface area contributed by atoms with Crippen molar-refractivity contribution in [3.8, 4) is 5.75 Å². The summed E-state index contributed by atoms with van der Waals surface area (Å²) < 4.78 is 33.1. The van der Waals surface area contributed by atoms with Crippen molar-refractivity contribution in [2.45, 2.75) is 17.4 Å². The molecule has 3 heterocycles. The van der Waals surface area contributed by atoms with Crippen molar-refractivity contribution in [3.05, 3.63) is 53.9 Å². The van der Waals surface area contributed by atoms with Crippen LogP contribution in [0.4, 0.5) is 0 Å². The van der Waals surface area contributed by atoms with Gasteiger partial charge in [-0.3, -0.25) is 4.98 Å². The summed E-state index contributed by atoms with van der Waals surface area (Å²) in [6, 6.07) is 10.4. The first-order valence-electron chi connectivity index (χ1n) is 8.38. The second-order valence-corrected chi connectivity index (χ2v) is 8.48. The Bertz CT molecular complexity index is 867. The van der Waals surface area contributed by atoms with E-state index in [0.29, 0.717) is 23.7 Å². The lowest BCUT2D eigenvalue weighted by atomic mass is 9.91. The van der Waals surface area contributed by atoms with E-state index in [2.05, 4.69) is 10.3 Å². The van der Waals surface area contributed by atoms with Crippen LogP contribution in [0.2, 0.25) is 0 Å². The molecule has 2 aliphatic rings. The number of pyridine rings is 1. The third kappa shape index (κ3) is 2.92. The highest BCUT2D eigenvalue weighted by molar-refractivity contribution is 7.89. The third-order valence-electron chi connectivity index (χ3n) is 5.10. The number of aromatic nitrogens is 1. The fourth-order valence-corrected chi connectivity index (χ4v) is 5.23. The highest BCUT2D eigenvalue weighted by Gasteiger charge is 2.39. The first-order valence-corrected chi connectivity index (χ1v) is 9.82. The van der Waals surface area contributed by atoms with Gasteiger partial charge < -0.3 is 10.1 Å². The summed E-state index contributed by atoms with van der Waals surface area (Å²) in [6.45, 7) is 2.54. The number of hydrogen-bond donors (Lipinski definition) is 1. The highest BCUT2D eigenvalue weighted by Crippen LogP contribution is 2.35. The molecule has 6 nitrogen and oxygen atoms in total. The molecule has 4 rings (SSSR count). The summed E-state index contributed by atoms with van der Waals surface area (Å²) in [4.78, 5) is 4.85. The van der Waals surface area contributed by atoms with Gasteiger partial charge in [0.15, 0.2) is 0 Å². The van der Waals surface area contributed by atoms with Crippen LogP contribution >= 0.6 is 0 Å². The van der Waals surface area contributed by atoms with Gasteiger partial charge in [-0.25, -0.2) is 8.42 Å². The molecule has 0 saturated carbocycles. The Morgan fingerprint density at radius 1 is 1.20 bits per heavy atom. The Morgan fingerprint density at radius 2 is 2.00 bits per heavy atom. The van der Waals surface area contributed by atoms with Gasteiger partial charge in [0, 0.05) is 37.4 Å². The zero-order valence-corrected chi connectivity index (χ0v) is 14.9. The van der Waals surface area contributed by atoms with Crippen LogP contribution in [-0.4, -0.2) is 44.5 Å². The molecule has 0 bridgehead atoms. The van der Waals surface area contributed by atoms with Crippen molar-refractivity contribution in [1.29, 1.82) is 0 Å². The van der Waals surface area contributed by atoms with Gasteiger partial charge >= 0.3 is 0 Å². The van der Waals surface area contributed by atoms with Gasteiger partial charge in [-0.1, -0.05) is 6.07 Å². The lowest BCUT2D eigenvalue weighted by Gasteiger charge is -2.23. The van der Waals surface area contributed by atoms with E-state index in [1.54, 1.807) is 41.9 Å². The van der Waals surface area contributed by atoms with Crippen LogP contribution in [0.1, 0.15) is 17.2 Å². The van der Waals surface area contributed by atoms with Crippen LogP contribution in [0, 0.1) is 5.92 Å². The Labute approximate surface area is 147 Å². The van der Waals surface area contributed by atoms with E-state index in [1.807, 2.05) is 12.1 Å². The zero-order valence-electron chi connectivity index (χ0n) is 14.1. The van der Waals surface area contributed by atoms with E-state index in [9.17, 15) is 8.42 Å². The molecule has 132 valence electrons. The van der Waals surface area contributed by atoms with Gasteiger partial charge in [0.1, 0.15) is 5.75 Å². The number of nitrogens with one attached hydrogen (secondary N) is 1. The molecule has 2 aliphatic heterocycles. The van der Waals surface area contributed by atoms with E-state index in [1.165, 1.54) is 0 Å². The second kappa shape index (κ2) is 6.40. The van der Waals surface area contributed by atoms with Crippen LogP contribution < -0.4 is 10.1 Å². The van der Waals surface area contributed by atoms with Crippen molar-refractivity contribution in [1.82, 2.24) is 14.6 Å². The molecule has 1 aromatic carbocycles. The van der Waals surface area contributed by atoms with Gasteiger partial charge in [-0.15, -0.1) is 0 Å². The number of fused-ring (bicyclic) bond motifs is 3. The third-order valence-corrected chi connectivity index (χ3v) is 6.93. The standard InChI is InChI=1S/C18H21N3O3S/c1-24-15-4-6-16(7-5-15)25(22,23)21-11-13-3-2-8-20-18(13)17-10-19-9-14(17)12-21/h2-8,14,17,19H,9-12H2,1H3/t14-,17+/m0/s1. The highest BCUT2D eigenvalue weighted by atomic mass is 32.2. The van der Waals surface area contributed by atoms with Crippen molar-refractivity contribution in [2.24, 2.45) is 5.92 Å². The van der Waals surface area contributed by atoms with E-state index in [-0.39, 0.29) is 11.8 Å². The number of hydrogen-bond acceptors (Lipinski definition) is 5. The number of rotatable bonds is 3. The fourth-order valence-electron chi connectivity index (χ4n) is 3.76. The molecule has 0 spiro atoms. The number of ether oxygens (including phenoxy) is 1. The van der Waals surface area contributed by atoms with Crippen LogP contribution in [0.25, 0.3) is 0 Å². The van der Waals surface area contributed by atoms with Crippen LogP contribution in [0.5, 0.6) is 5.75 Å². The number of sulfonamides is 1. The van der Waals surface area contributed by atoms with Gasteiger partial charge in [0.05, 0.1) is 12.0 Å². The molecule has 0 amide bonds. The molecule has 1 N–H and O–H groups in total. The van der Waals surface area contributed by atoms with Crippen molar-refractivity contribution >= 4 is 10.0 Å². The van der Waals surface area contributed by atoms with Crippen molar-refractivity contribution in [2.75, 3.05) is 26.7 Å². The predicted octanol–water partition coefficient (Wildman–Crippen LogP) is 1.60. The zero-order chi connectivity index (χ0) is 17.4. The average molecular weight is 359 g/mol. The molecule has 2 atom stereocenters. The molecule has 1 aromatic heterocycles. The smallest absolute Gasteiger partial charge is 0.243 e. The fraction of sp³-hybridized carbons (Fsp3) is 0.389. The molecule has 0 unspecified atom stereocenters. The maximum Gasteiger partial charge on any atom is 0.243 e. The van der Waals surface area contributed by atoms with Crippen LogP contribution in [0.3, 0.4) is 0 Å². The average Bonchev–Trinajstić information content (AvgIpc) is 3.03. The second-order valence-electron chi connectivity index (χ2n) is 6.55. The Balaban J connectivity index is 1.72. The van der Waals surface area contributed by atoms with Gasteiger partial charge in [0.25, 0.3) is 0 Å². The summed E-state index contributed by atoms with van der Waals surface area (Å²) >= 11 is 0. The van der Waals surface area contributed by atoms with Crippen LogP contribution in [0.15, 0.2) is 47.5 Å².